The Morgan fingerprint density at radius 2 is 1.87 bits per heavy atom. The lowest BCUT2D eigenvalue weighted by atomic mass is 10.1. The highest BCUT2D eigenvalue weighted by Crippen LogP contribution is 2.28. The number of ether oxygens (including phenoxy) is 1. The van der Waals surface area contributed by atoms with Crippen molar-refractivity contribution in [2.24, 2.45) is 0 Å². The van der Waals surface area contributed by atoms with Gasteiger partial charge in [0.05, 0.1) is 6.61 Å². The molecule has 170 valence electrons. The van der Waals surface area contributed by atoms with Crippen molar-refractivity contribution in [3.63, 3.8) is 0 Å². The SMILES string of the molecule is CCCCN(CC/C=C/c1cn([C@@H]2O[C@H](CO)[C@@H](O)[C@H]2O)c(=O)nc1N)CCCC. The van der Waals surface area contributed by atoms with Gasteiger partial charge in [-0.15, -0.1) is 0 Å². The van der Waals surface area contributed by atoms with Crippen LogP contribution in [0.5, 0.6) is 0 Å². The first-order valence-corrected chi connectivity index (χ1v) is 10.8. The predicted octanol–water partition coefficient (Wildman–Crippen LogP) is 0.743. The van der Waals surface area contributed by atoms with Crippen LogP contribution >= 0.6 is 0 Å². The van der Waals surface area contributed by atoms with Crippen molar-refractivity contribution in [1.82, 2.24) is 14.5 Å². The van der Waals surface area contributed by atoms with Gasteiger partial charge in [0.2, 0.25) is 0 Å². The molecule has 1 aliphatic heterocycles. The molecule has 2 rings (SSSR count). The average molecular weight is 425 g/mol. The Hall–Kier alpha value is -1.78. The van der Waals surface area contributed by atoms with Crippen LogP contribution in [0.2, 0.25) is 0 Å². The normalized spacial score (nSPS) is 24.3. The maximum atomic E-state index is 12.3. The molecular weight excluding hydrogens is 388 g/mol. The molecule has 5 N–H and O–H groups in total. The number of rotatable bonds is 12. The molecule has 2 heterocycles. The third-order valence-corrected chi connectivity index (χ3v) is 5.37. The molecule has 1 fully saturated rings. The van der Waals surface area contributed by atoms with E-state index in [2.05, 4.69) is 23.7 Å². The topological polar surface area (TPSA) is 134 Å². The van der Waals surface area contributed by atoms with Crippen LogP contribution in [-0.2, 0) is 4.74 Å². The van der Waals surface area contributed by atoms with Crippen LogP contribution in [0.3, 0.4) is 0 Å². The Bertz CT molecular complexity index is 731. The smallest absolute Gasteiger partial charge is 0.351 e. The van der Waals surface area contributed by atoms with Crippen LogP contribution in [0.1, 0.15) is 57.7 Å². The first-order chi connectivity index (χ1) is 14.4. The number of aliphatic hydroxyl groups is 3. The number of hydrogen-bond donors (Lipinski definition) is 4. The fraction of sp³-hybridized carbons (Fsp3) is 0.714. The zero-order chi connectivity index (χ0) is 22.1. The van der Waals surface area contributed by atoms with Gasteiger partial charge in [-0.3, -0.25) is 4.57 Å². The molecule has 0 amide bonds. The molecule has 1 aliphatic rings. The molecule has 9 nitrogen and oxygen atoms in total. The molecule has 30 heavy (non-hydrogen) atoms. The highest BCUT2D eigenvalue weighted by molar-refractivity contribution is 5.59. The zero-order valence-electron chi connectivity index (χ0n) is 18.0. The highest BCUT2D eigenvalue weighted by atomic mass is 16.6. The summed E-state index contributed by atoms with van der Waals surface area (Å²) in [5, 5.41) is 29.4. The summed E-state index contributed by atoms with van der Waals surface area (Å²) in [7, 11) is 0. The molecule has 0 spiro atoms. The van der Waals surface area contributed by atoms with E-state index in [1.807, 2.05) is 6.08 Å². The summed E-state index contributed by atoms with van der Waals surface area (Å²) in [4.78, 5) is 18.5. The molecular formula is C21H36N4O5. The van der Waals surface area contributed by atoms with Crippen molar-refractivity contribution in [3.05, 3.63) is 28.3 Å². The summed E-state index contributed by atoms with van der Waals surface area (Å²) < 4.78 is 6.54. The van der Waals surface area contributed by atoms with Gasteiger partial charge in [-0.25, -0.2) is 4.79 Å². The molecule has 0 saturated carbocycles. The molecule has 1 aromatic heterocycles. The third-order valence-electron chi connectivity index (χ3n) is 5.37. The number of aromatic nitrogens is 2. The number of nitrogens with zero attached hydrogens (tertiary/aromatic N) is 3. The standard InChI is InChI=1S/C21H36N4O5/c1-3-5-10-24(11-6-4-2)12-8-7-9-15-13-25(21(29)23-19(15)22)20-18(28)17(27)16(14-26)30-20/h7,9,13,16-18,20,26-28H,3-6,8,10-12,14H2,1-2H3,(H2,22,23,29)/b9-7+/t16-,17-,18-,20-/m1/s1. The van der Waals surface area contributed by atoms with Crippen molar-refractivity contribution in [2.75, 3.05) is 32.0 Å². The zero-order valence-corrected chi connectivity index (χ0v) is 18.0. The van der Waals surface area contributed by atoms with Gasteiger partial charge in [-0.05, 0) is 32.4 Å². The lowest BCUT2D eigenvalue weighted by Gasteiger charge is -2.21. The molecule has 0 unspecified atom stereocenters. The van der Waals surface area contributed by atoms with Gasteiger partial charge in [-0.1, -0.05) is 38.8 Å². The Balaban J connectivity index is 2.07. The maximum Gasteiger partial charge on any atom is 0.351 e. The summed E-state index contributed by atoms with van der Waals surface area (Å²) in [5.41, 5.74) is 5.74. The molecule has 4 atom stereocenters. The summed E-state index contributed by atoms with van der Waals surface area (Å²) >= 11 is 0. The summed E-state index contributed by atoms with van der Waals surface area (Å²) in [6, 6.07) is 0. The van der Waals surface area contributed by atoms with Crippen LogP contribution in [0.25, 0.3) is 6.08 Å². The second-order valence-corrected chi connectivity index (χ2v) is 7.74. The average Bonchev–Trinajstić information content (AvgIpc) is 3.02. The molecule has 0 aromatic carbocycles. The molecule has 0 radical (unpaired) electrons. The van der Waals surface area contributed by atoms with E-state index in [1.54, 1.807) is 6.08 Å². The van der Waals surface area contributed by atoms with Gasteiger partial charge >= 0.3 is 5.69 Å². The van der Waals surface area contributed by atoms with E-state index in [9.17, 15) is 20.1 Å². The predicted molar refractivity (Wildman–Crippen MR) is 116 cm³/mol. The highest BCUT2D eigenvalue weighted by Gasteiger charge is 2.43. The number of nitrogens with two attached hydrogens (primary N) is 1. The van der Waals surface area contributed by atoms with E-state index >= 15 is 0 Å². The van der Waals surface area contributed by atoms with Crippen LogP contribution in [-0.4, -0.2) is 74.3 Å². The second kappa shape index (κ2) is 12.2. The first kappa shape index (κ1) is 24.5. The summed E-state index contributed by atoms with van der Waals surface area (Å²) in [5.74, 6) is 0.0908. The Morgan fingerprint density at radius 1 is 1.20 bits per heavy atom. The van der Waals surface area contributed by atoms with Crippen molar-refractivity contribution in [3.8, 4) is 0 Å². The number of hydrogen-bond acceptors (Lipinski definition) is 8. The number of anilines is 1. The molecule has 1 saturated heterocycles. The van der Waals surface area contributed by atoms with Crippen LogP contribution in [0, 0.1) is 0 Å². The fourth-order valence-corrected chi connectivity index (χ4v) is 3.48. The largest absolute Gasteiger partial charge is 0.394 e. The molecule has 9 heteroatoms. The Labute approximate surface area is 177 Å². The third kappa shape index (κ3) is 6.36. The minimum absolute atomic E-state index is 0.0908. The van der Waals surface area contributed by atoms with Gasteiger partial charge in [0, 0.05) is 18.3 Å². The van der Waals surface area contributed by atoms with Crippen molar-refractivity contribution in [1.29, 1.82) is 0 Å². The Kier molecular flexibility index (Phi) is 9.93. The number of aliphatic hydroxyl groups excluding tert-OH is 3. The van der Waals surface area contributed by atoms with E-state index in [0.29, 0.717) is 5.56 Å². The summed E-state index contributed by atoms with van der Waals surface area (Å²) in [6.07, 6.45) is 6.04. The molecule has 0 aliphatic carbocycles. The number of unbranched alkanes of at least 4 members (excludes halogenated alkanes) is 2. The van der Waals surface area contributed by atoms with E-state index in [4.69, 9.17) is 10.5 Å². The van der Waals surface area contributed by atoms with Crippen LogP contribution in [0.15, 0.2) is 17.1 Å². The van der Waals surface area contributed by atoms with Gasteiger partial charge in [-0.2, -0.15) is 4.98 Å². The minimum Gasteiger partial charge on any atom is -0.394 e. The first-order valence-electron chi connectivity index (χ1n) is 10.8. The summed E-state index contributed by atoms with van der Waals surface area (Å²) in [6.45, 7) is 7.03. The Morgan fingerprint density at radius 3 is 2.43 bits per heavy atom. The monoisotopic (exact) mass is 424 g/mol. The van der Waals surface area contributed by atoms with Crippen molar-refractivity contribution >= 4 is 11.9 Å². The number of nitrogen functional groups attached to an aromatic ring is 1. The van der Waals surface area contributed by atoms with Crippen LogP contribution in [0.4, 0.5) is 5.82 Å². The van der Waals surface area contributed by atoms with E-state index in [1.165, 1.54) is 31.9 Å². The lowest BCUT2D eigenvalue weighted by molar-refractivity contribution is -0.0549. The quantitative estimate of drug-likeness (QED) is 0.386. The van der Waals surface area contributed by atoms with Gasteiger partial charge in [0.25, 0.3) is 0 Å². The van der Waals surface area contributed by atoms with Gasteiger partial charge < -0.3 is 30.7 Å². The van der Waals surface area contributed by atoms with Crippen molar-refractivity contribution < 1.29 is 20.1 Å². The van der Waals surface area contributed by atoms with E-state index < -0.39 is 36.8 Å². The van der Waals surface area contributed by atoms with Gasteiger partial charge in [0.1, 0.15) is 24.1 Å². The fourth-order valence-electron chi connectivity index (χ4n) is 3.48. The lowest BCUT2D eigenvalue weighted by Crippen LogP contribution is -2.36. The van der Waals surface area contributed by atoms with E-state index in [0.717, 1.165) is 30.6 Å². The van der Waals surface area contributed by atoms with Crippen LogP contribution < -0.4 is 11.4 Å². The van der Waals surface area contributed by atoms with Gasteiger partial charge in [0.15, 0.2) is 6.23 Å². The van der Waals surface area contributed by atoms with Crippen molar-refractivity contribution in [2.45, 2.75) is 70.5 Å². The molecule has 1 aromatic rings. The molecule has 0 bridgehead atoms. The minimum atomic E-state index is -1.35. The van der Waals surface area contributed by atoms with E-state index in [-0.39, 0.29) is 5.82 Å². The second-order valence-electron chi connectivity index (χ2n) is 7.74. The maximum absolute atomic E-state index is 12.3.